The van der Waals surface area contributed by atoms with E-state index >= 15 is 0 Å². The van der Waals surface area contributed by atoms with E-state index in [0.29, 0.717) is 29.0 Å². The summed E-state index contributed by atoms with van der Waals surface area (Å²) in [7, 11) is 1.83. The third kappa shape index (κ3) is 2.57. The number of likely N-dealkylation sites (tertiary alicyclic amines) is 1. The predicted octanol–water partition coefficient (Wildman–Crippen LogP) is 1.93. The van der Waals surface area contributed by atoms with E-state index in [-0.39, 0.29) is 5.60 Å². The second-order valence-corrected chi connectivity index (χ2v) is 9.12. The minimum Gasteiger partial charge on any atom is -0.380 e. The number of hydrogen-bond acceptors (Lipinski definition) is 5. The average molecular weight is 371 g/mol. The number of carbonyl (C=O) groups excluding carboxylic acids is 1. The van der Waals surface area contributed by atoms with Crippen LogP contribution < -0.4 is 5.73 Å². The molecule has 2 bridgehead atoms. The number of piperidine rings is 1. The van der Waals surface area contributed by atoms with E-state index in [2.05, 4.69) is 9.88 Å². The highest BCUT2D eigenvalue weighted by molar-refractivity contribution is 5.90. The van der Waals surface area contributed by atoms with Crippen molar-refractivity contribution in [2.24, 2.45) is 23.0 Å². The lowest BCUT2D eigenvalue weighted by Crippen LogP contribution is -2.66. The van der Waals surface area contributed by atoms with Gasteiger partial charge in [0.05, 0.1) is 13.2 Å². The first-order chi connectivity index (χ1) is 13.1. The minimum atomic E-state index is -0.479. The van der Waals surface area contributed by atoms with Gasteiger partial charge in [0.25, 0.3) is 5.91 Å². The van der Waals surface area contributed by atoms with Crippen LogP contribution in [0.2, 0.25) is 0 Å². The van der Waals surface area contributed by atoms with Gasteiger partial charge in [0, 0.05) is 49.7 Å². The number of amides is 1. The highest BCUT2D eigenvalue weighted by Gasteiger charge is 2.57. The van der Waals surface area contributed by atoms with Crippen molar-refractivity contribution >= 4 is 5.91 Å². The molecule has 1 aromatic rings. The lowest BCUT2D eigenvalue weighted by molar-refractivity contribution is -0.215. The monoisotopic (exact) mass is 371 g/mol. The Morgan fingerprint density at radius 1 is 1.30 bits per heavy atom. The van der Waals surface area contributed by atoms with Crippen molar-refractivity contribution in [3.63, 3.8) is 0 Å². The fourth-order valence-corrected chi connectivity index (χ4v) is 6.32. The highest BCUT2D eigenvalue weighted by atomic mass is 16.5. The number of ether oxygens (including phenoxy) is 2. The standard InChI is InChI=1S/C21H29N3O3/c1-26-21(14-5-6-23-18(7-14)19(22)25)15-3-2-4-16(21)11-24(10-15)17-8-20(9-17)12-27-13-20/h5-7,15-17H,2-4,8-13H2,1H3,(H2,22,25)/t15-,16+,21+. The van der Waals surface area contributed by atoms with Crippen molar-refractivity contribution in [2.75, 3.05) is 33.4 Å². The Hall–Kier alpha value is -1.50. The van der Waals surface area contributed by atoms with E-state index in [0.717, 1.165) is 44.7 Å². The van der Waals surface area contributed by atoms with Crippen LogP contribution >= 0.6 is 0 Å². The van der Waals surface area contributed by atoms with Crippen LogP contribution in [-0.4, -0.2) is 55.2 Å². The number of rotatable bonds is 4. The molecule has 3 atom stereocenters. The molecule has 5 rings (SSSR count). The van der Waals surface area contributed by atoms with Gasteiger partial charge in [0.2, 0.25) is 0 Å². The van der Waals surface area contributed by atoms with E-state index in [1.165, 1.54) is 19.3 Å². The molecule has 2 aliphatic heterocycles. The number of hydrogen-bond donors (Lipinski definition) is 1. The van der Waals surface area contributed by atoms with E-state index in [4.69, 9.17) is 15.2 Å². The first kappa shape index (κ1) is 17.6. The fraction of sp³-hybridized carbons (Fsp3) is 0.714. The van der Waals surface area contributed by atoms with Gasteiger partial charge in [-0.1, -0.05) is 6.42 Å². The summed E-state index contributed by atoms with van der Waals surface area (Å²) in [5, 5.41) is 0. The SMILES string of the molecule is CO[C@@]1(c2ccnc(C(N)=O)c2)[C@@H]2CCC[C@H]1CN(C1CC3(COC3)C1)C2. The number of fused-ring (bicyclic) bond motifs is 2. The smallest absolute Gasteiger partial charge is 0.267 e. The van der Waals surface area contributed by atoms with Crippen molar-refractivity contribution in [3.8, 4) is 0 Å². The number of aromatic nitrogens is 1. The van der Waals surface area contributed by atoms with Gasteiger partial charge in [-0.05, 0) is 43.4 Å². The zero-order chi connectivity index (χ0) is 18.6. The highest BCUT2D eigenvalue weighted by Crippen LogP contribution is 2.55. The van der Waals surface area contributed by atoms with Gasteiger partial charge >= 0.3 is 0 Å². The third-order valence-corrected chi connectivity index (χ3v) is 7.70. The molecule has 6 nitrogen and oxygen atoms in total. The molecule has 2 N–H and O–H groups in total. The van der Waals surface area contributed by atoms with E-state index in [1.54, 1.807) is 6.20 Å². The van der Waals surface area contributed by atoms with Gasteiger partial charge in [0.15, 0.2) is 0 Å². The molecular weight excluding hydrogens is 342 g/mol. The quantitative estimate of drug-likeness (QED) is 0.875. The van der Waals surface area contributed by atoms with Crippen LogP contribution in [0.4, 0.5) is 0 Å². The number of methoxy groups -OCH3 is 1. The summed E-state index contributed by atoms with van der Waals surface area (Å²) in [6.45, 7) is 4.05. The first-order valence-electron chi connectivity index (χ1n) is 10.2. The summed E-state index contributed by atoms with van der Waals surface area (Å²) in [4.78, 5) is 18.5. The molecule has 1 spiro atoms. The molecule has 4 aliphatic rings. The summed E-state index contributed by atoms with van der Waals surface area (Å²) in [5.74, 6) is 0.396. The van der Waals surface area contributed by atoms with E-state index in [9.17, 15) is 4.79 Å². The fourth-order valence-electron chi connectivity index (χ4n) is 6.32. The molecule has 1 aromatic heterocycles. The van der Waals surface area contributed by atoms with Gasteiger partial charge < -0.3 is 15.2 Å². The van der Waals surface area contributed by atoms with Gasteiger partial charge in [-0.25, -0.2) is 0 Å². The van der Waals surface area contributed by atoms with Crippen LogP contribution in [0.3, 0.4) is 0 Å². The summed E-state index contributed by atoms with van der Waals surface area (Å²) in [5.41, 5.74) is 7.05. The summed E-state index contributed by atoms with van der Waals surface area (Å²) < 4.78 is 11.7. The third-order valence-electron chi connectivity index (χ3n) is 7.70. The summed E-state index contributed by atoms with van der Waals surface area (Å²) >= 11 is 0. The molecule has 0 radical (unpaired) electrons. The van der Waals surface area contributed by atoms with Crippen molar-refractivity contribution in [1.82, 2.24) is 9.88 Å². The molecule has 6 heteroatoms. The van der Waals surface area contributed by atoms with Gasteiger partial charge in [-0.15, -0.1) is 0 Å². The van der Waals surface area contributed by atoms with Crippen molar-refractivity contribution in [1.29, 1.82) is 0 Å². The van der Waals surface area contributed by atoms with Crippen LogP contribution in [0.15, 0.2) is 18.3 Å². The Balaban J connectivity index is 1.42. The Morgan fingerprint density at radius 2 is 2.00 bits per heavy atom. The molecule has 4 fully saturated rings. The zero-order valence-electron chi connectivity index (χ0n) is 16.0. The predicted molar refractivity (Wildman–Crippen MR) is 100 cm³/mol. The van der Waals surface area contributed by atoms with Crippen molar-refractivity contribution in [3.05, 3.63) is 29.6 Å². The molecule has 27 heavy (non-hydrogen) atoms. The second kappa shape index (κ2) is 6.26. The number of nitrogens with zero attached hydrogens (tertiary/aromatic N) is 2. The summed E-state index contributed by atoms with van der Waals surface area (Å²) in [6.07, 6.45) is 7.85. The van der Waals surface area contributed by atoms with Crippen LogP contribution in [-0.2, 0) is 15.1 Å². The lowest BCUT2D eigenvalue weighted by atomic mass is 9.59. The van der Waals surface area contributed by atoms with Crippen molar-refractivity contribution in [2.45, 2.75) is 43.7 Å². The summed E-state index contributed by atoms with van der Waals surface area (Å²) in [6, 6.07) is 4.57. The van der Waals surface area contributed by atoms with Crippen LogP contribution in [0.5, 0.6) is 0 Å². The molecule has 2 saturated carbocycles. The molecular formula is C21H29N3O3. The van der Waals surface area contributed by atoms with E-state index < -0.39 is 5.91 Å². The maximum absolute atomic E-state index is 11.7. The first-order valence-corrected chi connectivity index (χ1v) is 10.2. The van der Waals surface area contributed by atoms with Crippen LogP contribution in [0, 0.1) is 17.3 Å². The van der Waals surface area contributed by atoms with Crippen molar-refractivity contribution < 1.29 is 14.3 Å². The Labute approximate surface area is 160 Å². The average Bonchev–Trinajstić information content (AvgIpc) is 2.58. The number of nitrogens with two attached hydrogens (primary N) is 1. The molecule has 1 amide bonds. The minimum absolute atomic E-state index is 0.329. The van der Waals surface area contributed by atoms with E-state index in [1.807, 2.05) is 19.2 Å². The van der Waals surface area contributed by atoms with Crippen LogP contribution in [0.25, 0.3) is 0 Å². The largest absolute Gasteiger partial charge is 0.380 e. The second-order valence-electron chi connectivity index (χ2n) is 9.12. The maximum atomic E-state index is 11.7. The number of carbonyl (C=O) groups is 1. The molecule has 146 valence electrons. The Morgan fingerprint density at radius 3 is 2.56 bits per heavy atom. The number of pyridine rings is 1. The number of primary amides is 1. The molecule has 2 aliphatic carbocycles. The van der Waals surface area contributed by atoms with Gasteiger partial charge in [-0.2, -0.15) is 0 Å². The zero-order valence-corrected chi connectivity index (χ0v) is 16.0. The van der Waals surface area contributed by atoms with Gasteiger partial charge in [-0.3, -0.25) is 14.7 Å². The maximum Gasteiger partial charge on any atom is 0.267 e. The van der Waals surface area contributed by atoms with Gasteiger partial charge in [0.1, 0.15) is 11.3 Å². The Kier molecular flexibility index (Phi) is 4.08. The van der Waals surface area contributed by atoms with Crippen LogP contribution in [0.1, 0.15) is 48.2 Å². The topological polar surface area (TPSA) is 77.7 Å². The molecule has 0 unspecified atom stereocenters. The molecule has 0 aromatic carbocycles. The normalized spacial score (nSPS) is 35.4. The molecule has 3 heterocycles. The lowest BCUT2D eigenvalue weighted by Gasteiger charge is -2.61. The Bertz CT molecular complexity index is 726. The molecule has 2 saturated heterocycles.